The molecule has 2 rings (SSSR count). The molecule has 8 nitrogen and oxygen atoms in total. The average molecular weight is 511 g/mol. The number of nitrogens with zero attached hydrogens (tertiary/aromatic N) is 1. The van der Waals surface area contributed by atoms with E-state index in [4.69, 9.17) is 37.4 Å². The summed E-state index contributed by atoms with van der Waals surface area (Å²) in [6.45, 7) is 8.43. The third-order valence-corrected chi connectivity index (χ3v) is 5.66. The number of amides is 1. The SMILES string of the molecule is COc1ccnc(C(=O)N[C@@H](C)C(=O)O[C@@H](C)[C@@H](c2ccc(Cl)cc2Cl)C(C)C)c1OC(C)=O. The van der Waals surface area contributed by atoms with E-state index in [1.165, 1.54) is 33.2 Å². The molecule has 0 aliphatic carbocycles. The lowest BCUT2D eigenvalue weighted by Gasteiger charge is -2.29. The molecule has 184 valence electrons. The third-order valence-electron chi connectivity index (χ3n) is 5.10. The quantitative estimate of drug-likeness (QED) is 0.482. The van der Waals surface area contributed by atoms with Gasteiger partial charge in [-0.1, -0.05) is 43.1 Å². The summed E-state index contributed by atoms with van der Waals surface area (Å²) in [5.74, 6) is -2.12. The highest BCUT2D eigenvalue weighted by Crippen LogP contribution is 2.36. The molecule has 1 heterocycles. The van der Waals surface area contributed by atoms with Gasteiger partial charge < -0.3 is 19.5 Å². The topological polar surface area (TPSA) is 104 Å². The number of ether oxygens (including phenoxy) is 3. The number of rotatable bonds is 9. The minimum atomic E-state index is -1.01. The number of halogens is 2. The van der Waals surface area contributed by atoms with E-state index in [0.717, 1.165) is 5.56 Å². The van der Waals surface area contributed by atoms with Crippen LogP contribution in [0.25, 0.3) is 0 Å². The Labute approximate surface area is 208 Å². The molecule has 0 saturated carbocycles. The fourth-order valence-corrected chi connectivity index (χ4v) is 4.14. The average Bonchev–Trinajstić information content (AvgIpc) is 2.74. The van der Waals surface area contributed by atoms with E-state index in [2.05, 4.69) is 10.3 Å². The molecule has 1 amide bonds. The molecule has 1 N–H and O–H groups in total. The van der Waals surface area contributed by atoms with Crippen LogP contribution >= 0.6 is 23.2 Å². The molecule has 0 fully saturated rings. The highest BCUT2D eigenvalue weighted by atomic mass is 35.5. The summed E-state index contributed by atoms with van der Waals surface area (Å²) in [4.78, 5) is 41.0. The number of hydrogen-bond acceptors (Lipinski definition) is 7. The summed E-state index contributed by atoms with van der Waals surface area (Å²) in [5, 5.41) is 3.52. The second-order valence-corrected chi connectivity index (χ2v) is 8.90. The molecular formula is C24H28Cl2N2O6. The Balaban J connectivity index is 2.16. The zero-order chi connectivity index (χ0) is 25.6. The van der Waals surface area contributed by atoms with Crippen LogP contribution < -0.4 is 14.8 Å². The first kappa shape index (κ1) is 27.4. The zero-order valence-corrected chi connectivity index (χ0v) is 21.4. The molecule has 10 heteroatoms. The second kappa shape index (κ2) is 12.0. The van der Waals surface area contributed by atoms with Gasteiger partial charge >= 0.3 is 11.9 Å². The van der Waals surface area contributed by atoms with Crippen molar-refractivity contribution in [3.63, 3.8) is 0 Å². The van der Waals surface area contributed by atoms with Crippen molar-refractivity contribution in [2.75, 3.05) is 7.11 Å². The van der Waals surface area contributed by atoms with Crippen LogP contribution in [0.3, 0.4) is 0 Å². The number of carbonyl (C=O) groups is 3. The summed E-state index contributed by atoms with van der Waals surface area (Å²) in [7, 11) is 1.36. The van der Waals surface area contributed by atoms with E-state index in [1.807, 2.05) is 19.9 Å². The van der Waals surface area contributed by atoms with Crippen LogP contribution in [0.15, 0.2) is 30.5 Å². The van der Waals surface area contributed by atoms with Crippen LogP contribution in [-0.2, 0) is 14.3 Å². The molecule has 1 aromatic heterocycles. The van der Waals surface area contributed by atoms with Crippen molar-refractivity contribution in [1.29, 1.82) is 0 Å². The largest absolute Gasteiger partial charge is 0.493 e. The lowest BCUT2D eigenvalue weighted by atomic mass is 9.84. The summed E-state index contributed by atoms with van der Waals surface area (Å²) in [5.41, 5.74) is 0.611. The molecule has 0 aliphatic heterocycles. The standard InChI is InChI=1S/C24H28Cl2N2O6/c1-12(2)20(17-8-7-16(25)11-18(17)26)14(4)33-24(31)13(3)28-23(30)21-22(34-15(5)29)19(32-6)9-10-27-21/h7-14,20H,1-6H3,(H,28,30)/t13-,14-,20-/m0/s1. The van der Waals surface area contributed by atoms with Crippen molar-refractivity contribution >= 4 is 41.0 Å². The fourth-order valence-electron chi connectivity index (χ4n) is 3.60. The molecule has 1 aromatic carbocycles. The number of carbonyl (C=O) groups excluding carboxylic acids is 3. The molecule has 0 radical (unpaired) electrons. The number of hydrogen-bond donors (Lipinski definition) is 1. The van der Waals surface area contributed by atoms with E-state index >= 15 is 0 Å². The maximum atomic E-state index is 12.8. The monoisotopic (exact) mass is 510 g/mol. The van der Waals surface area contributed by atoms with Gasteiger partial charge in [0.25, 0.3) is 5.91 Å². The third kappa shape index (κ3) is 6.84. The summed E-state index contributed by atoms with van der Waals surface area (Å²) in [6.07, 6.45) is 0.784. The van der Waals surface area contributed by atoms with Gasteiger partial charge in [-0.2, -0.15) is 0 Å². The first-order valence-corrected chi connectivity index (χ1v) is 11.4. The molecule has 0 unspecified atom stereocenters. The Bertz CT molecular complexity index is 1060. The van der Waals surface area contributed by atoms with Gasteiger partial charge in [-0.05, 0) is 37.5 Å². The van der Waals surface area contributed by atoms with Crippen LogP contribution in [0.5, 0.6) is 11.5 Å². The molecule has 2 aromatic rings. The molecule has 3 atom stereocenters. The van der Waals surface area contributed by atoms with Crippen LogP contribution in [0, 0.1) is 5.92 Å². The lowest BCUT2D eigenvalue weighted by molar-refractivity contribution is -0.151. The predicted molar refractivity (Wildman–Crippen MR) is 129 cm³/mol. The number of esters is 2. The number of methoxy groups -OCH3 is 1. The second-order valence-electron chi connectivity index (χ2n) is 8.06. The Morgan fingerprint density at radius 3 is 2.29 bits per heavy atom. The van der Waals surface area contributed by atoms with Crippen LogP contribution in [0.4, 0.5) is 0 Å². The maximum Gasteiger partial charge on any atom is 0.328 e. The van der Waals surface area contributed by atoms with Crippen molar-refractivity contribution in [3.05, 3.63) is 51.8 Å². The van der Waals surface area contributed by atoms with Gasteiger partial charge in [0.1, 0.15) is 12.1 Å². The lowest BCUT2D eigenvalue weighted by Crippen LogP contribution is -2.42. The van der Waals surface area contributed by atoms with E-state index in [-0.39, 0.29) is 29.0 Å². The first-order valence-electron chi connectivity index (χ1n) is 10.6. The van der Waals surface area contributed by atoms with Gasteiger partial charge in [0.05, 0.1) is 7.11 Å². The molecule has 0 spiro atoms. The van der Waals surface area contributed by atoms with Gasteiger partial charge in [0.2, 0.25) is 5.75 Å². The smallest absolute Gasteiger partial charge is 0.328 e. The van der Waals surface area contributed by atoms with Gasteiger partial charge in [0, 0.05) is 35.2 Å². The number of benzene rings is 1. The van der Waals surface area contributed by atoms with Crippen molar-refractivity contribution in [3.8, 4) is 11.5 Å². The normalized spacial score (nSPS) is 13.6. The van der Waals surface area contributed by atoms with Crippen molar-refractivity contribution in [2.24, 2.45) is 5.92 Å². The van der Waals surface area contributed by atoms with Crippen LogP contribution in [0.2, 0.25) is 10.0 Å². The van der Waals surface area contributed by atoms with Crippen LogP contribution in [0.1, 0.15) is 56.6 Å². The molecular weight excluding hydrogens is 483 g/mol. The summed E-state index contributed by atoms with van der Waals surface area (Å²) in [6, 6.07) is 5.63. The first-order chi connectivity index (χ1) is 16.0. The highest BCUT2D eigenvalue weighted by molar-refractivity contribution is 6.35. The Kier molecular flexibility index (Phi) is 9.70. The number of aromatic nitrogens is 1. The van der Waals surface area contributed by atoms with Crippen molar-refractivity contribution < 1.29 is 28.6 Å². The van der Waals surface area contributed by atoms with E-state index in [1.54, 1.807) is 19.1 Å². The van der Waals surface area contributed by atoms with Gasteiger partial charge in [0.15, 0.2) is 11.4 Å². The van der Waals surface area contributed by atoms with E-state index in [9.17, 15) is 14.4 Å². The molecule has 0 bridgehead atoms. The van der Waals surface area contributed by atoms with E-state index in [0.29, 0.717) is 10.0 Å². The highest BCUT2D eigenvalue weighted by Gasteiger charge is 2.30. The Morgan fingerprint density at radius 1 is 1.06 bits per heavy atom. The summed E-state index contributed by atoms with van der Waals surface area (Å²) < 4.78 is 15.9. The number of nitrogens with one attached hydrogen (secondary N) is 1. The minimum absolute atomic E-state index is 0.0960. The Morgan fingerprint density at radius 2 is 1.74 bits per heavy atom. The molecule has 34 heavy (non-hydrogen) atoms. The van der Waals surface area contributed by atoms with Gasteiger partial charge in [-0.25, -0.2) is 9.78 Å². The minimum Gasteiger partial charge on any atom is -0.493 e. The van der Waals surface area contributed by atoms with Gasteiger partial charge in [-0.15, -0.1) is 0 Å². The van der Waals surface area contributed by atoms with E-state index < -0.39 is 30.0 Å². The van der Waals surface area contributed by atoms with Crippen LogP contribution in [-0.4, -0.2) is 42.1 Å². The Hall–Kier alpha value is -2.84. The molecule has 0 saturated heterocycles. The van der Waals surface area contributed by atoms with Crippen molar-refractivity contribution in [1.82, 2.24) is 10.3 Å². The number of pyridine rings is 1. The summed E-state index contributed by atoms with van der Waals surface area (Å²) >= 11 is 12.4. The molecule has 0 aliphatic rings. The van der Waals surface area contributed by atoms with Gasteiger partial charge in [-0.3, -0.25) is 9.59 Å². The fraction of sp³-hybridized carbons (Fsp3) is 0.417. The zero-order valence-electron chi connectivity index (χ0n) is 19.8. The maximum absolute atomic E-state index is 12.8. The predicted octanol–water partition coefficient (Wildman–Crippen LogP) is 4.81. The van der Waals surface area contributed by atoms with Crippen molar-refractivity contribution in [2.45, 2.75) is 52.7 Å².